The van der Waals surface area contributed by atoms with Gasteiger partial charge in [0.25, 0.3) is 5.56 Å². The molecule has 1 saturated heterocycles. The van der Waals surface area contributed by atoms with Crippen molar-refractivity contribution in [3.05, 3.63) is 77.4 Å². The molecule has 1 aliphatic rings. The van der Waals surface area contributed by atoms with Crippen molar-refractivity contribution < 1.29 is 19.4 Å². The highest BCUT2D eigenvalue weighted by atomic mass is 16.6. The third-order valence-corrected chi connectivity index (χ3v) is 8.57. The number of carbonyl (C=O) groups excluding carboxylic acids is 1. The highest BCUT2D eigenvalue weighted by molar-refractivity contribution is 5.77. The highest BCUT2D eigenvalue weighted by Crippen LogP contribution is 2.24. The molecule has 0 radical (unpaired) electrons. The van der Waals surface area contributed by atoms with Crippen LogP contribution in [-0.2, 0) is 26.4 Å². The van der Waals surface area contributed by atoms with E-state index in [0.717, 1.165) is 69.8 Å². The van der Waals surface area contributed by atoms with Gasteiger partial charge in [0.2, 0.25) is 5.95 Å². The van der Waals surface area contributed by atoms with Crippen molar-refractivity contribution in [3.63, 3.8) is 0 Å². The number of nitrogens with one attached hydrogen (secondary N) is 1. The third-order valence-electron chi connectivity index (χ3n) is 8.57. The molecule has 0 amide bonds. The number of pyridine rings is 1. The Morgan fingerprint density at radius 2 is 1.71 bits per heavy atom. The molecule has 3 aromatic heterocycles. The summed E-state index contributed by atoms with van der Waals surface area (Å²) in [7, 11) is 0. The zero-order valence-corrected chi connectivity index (χ0v) is 30.6. The van der Waals surface area contributed by atoms with Gasteiger partial charge >= 0.3 is 5.97 Å². The normalized spacial score (nSPS) is 14.2. The maximum atomic E-state index is 13.3. The summed E-state index contributed by atoms with van der Waals surface area (Å²) < 4.78 is 13.9. The van der Waals surface area contributed by atoms with Gasteiger partial charge in [-0.1, -0.05) is 25.0 Å². The monoisotopic (exact) mass is 700 g/mol. The number of rotatable bonds is 16. The number of unbranched alkanes of at least 4 members (excludes halogenated alkanes) is 3. The Bertz CT molecular complexity index is 1830. The second kappa shape index (κ2) is 16.6. The Kier molecular flexibility index (Phi) is 12.3. The first-order valence-electron chi connectivity index (χ1n) is 17.8. The molecule has 0 unspecified atom stereocenters. The molecule has 1 aromatic carbocycles. The summed E-state index contributed by atoms with van der Waals surface area (Å²) in [6, 6.07) is 13.5. The van der Waals surface area contributed by atoms with Gasteiger partial charge in [0.1, 0.15) is 23.2 Å². The largest absolute Gasteiger partial charge is 0.458 e. The summed E-state index contributed by atoms with van der Waals surface area (Å²) >= 11 is 0. The lowest BCUT2D eigenvalue weighted by Crippen LogP contribution is -2.46. The molecule has 13 heteroatoms. The van der Waals surface area contributed by atoms with Crippen molar-refractivity contribution in [2.24, 2.45) is 0 Å². The molecule has 0 bridgehead atoms. The van der Waals surface area contributed by atoms with Crippen molar-refractivity contribution in [3.8, 4) is 5.82 Å². The van der Waals surface area contributed by atoms with Crippen LogP contribution in [0.3, 0.4) is 0 Å². The zero-order valence-electron chi connectivity index (χ0n) is 30.6. The van der Waals surface area contributed by atoms with E-state index in [1.54, 1.807) is 42.8 Å². The number of fused-ring (bicyclic) bond motifs is 1. The van der Waals surface area contributed by atoms with Crippen LogP contribution < -0.4 is 15.8 Å². The van der Waals surface area contributed by atoms with Crippen LogP contribution in [0.4, 0.5) is 17.3 Å². The topological polar surface area (TPSA) is 140 Å². The van der Waals surface area contributed by atoms with Gasteiger partial charge in [0.05, 0.1) is 12.2 Å². The highest BCUT2D eigenvalue weighted by Gasteiger charge is 2.22. The number of ether oxygens (including phenoxy) is 2. The van der Waals surface area contributed by atoms with Crippen LogP contribution in [0.5, 0.6) is 0 Å². The molecule has 0 atom stereocenters. The van der Waals surface area contributed by atoms with E-state index in [-0.39, 0.29) is 24.7 Å². The number of carbonyl (C=O) groups is 1. The lowest BCUT2D eigenvalue weighted by atomic mass is 10.1. The summed E-state index contributed by atoms with van der Waals surface area (Å²) in [5.74, 6) is 0.490. The minimum Gasteiger partial charge on any atom is -0.458 e. The molecule has 4 aromatic rings. The molecule has 1 fully saturated rings. The van der Waals surface area contributed by atoms with Crippen LogP contribution in [0.15, 0.2) is 66.1 Å². The standard InChI is InChI=1S/C38H52N8O5/c1-7-19-45-35(48)30-26-39-36(42-34(30)46(45)32-14-12-13-31(41-32)38(5,6)49)40-28-15-17-29(18-16-28)44-23-21-43(22-24-44)20-10-8-9-11-25-50-27-33(47)51-37(2,3)4/h7,12-18,26,49H,1,8-11,19-25,27H2,2-6H3,(H,39,40,42). The Labute approximate surface area is 299 Å². The number of hydrogen-bond acceptors (Lipinski definition) is 11. The minimum absolute atomic E-state index is 0.0155. The summed E-state index contributed by atoms with van der Waals surface area (Å²) in [4.78, 5) is 43.8. The molecule has 0 aliphatic carbocycles. The second-order valence-corrected chi connectivity index (χ2v) is 14.4. The summed E-state index contributed by atoms with van der Waals surface area (Å²) in [6.07, 6.45) is 7.50. The van der Waals surface area contributed by atoms with E-state index in [9.17, 15) is 14.7 Å². The van der Waals surface area contributed by atoms with Crippen LogP contribution in [0, 0.1) is 0 Å². The smallest absolute Gasteiger partial charge is 0.332 e. The number of anilines is 3. The molecule has 51 heavy (non-hydrogen) atoms. The molecule has 4 heterocycles. The second-order valence-electron chi connectivity index (χ2n) is 14.4. The summed E-state index contributed by atoms with van der Waals surface area (Å²) in [5.41, 5.74) is 0.972. The van der Waals surface area contributed by atoms with E-state index in [4.69, 9.17) is 14.5 Å². The first kappa shape index (κ1) is 37.7. The molecule has 13 nitrogen and oxygen atoms in total. The molecule has 5 rings (SSSR count). The lowest BCUT2D eigenvalue weighted by Gasteiger charge is -2.36. The first-order valence-corrected chi connectivity index (χ1v) is 17.8. The van der Waals surface area contributed by atoms with Gasteiger partial charge in [0, 0.05) is 50.4 Å². The molecule has 2 N–H and O–H groups in total. The number of nitrogens with zero attached hydrogens (tertiary/aromatic N) is 7. The van der Waals surface area contributed by atoms with Gasteiger partial charge in [0.15, 0.2) is 11.5 Å². The fraction of sp³-hybridized carbons (Fsp3) is 0.500. The Morgan fingerprint density at radius 3 is 2.39 bits per heavy atom. The number of aromatic nitrogens is 5. The van der Waals surface area contributed by atoms with Gasteiger partial charge in [-0.05, 0) is 90.4 Å². The number of benzene rings is 1. The molecule has 274 valence electrons. The number of allylic oxidation sites excluding steroid dienone is 1. The lowest BCUT2D eigenvalue weighted by molar-refractivity contribution is -0.160. The van der Waals surface area contributed by atoms with E-state index in [2.05, 4.69) is 43.8 Å². The Balaban J connectivity index is 1.12. The van der Waals surface area contributed by atoms with Crippen molar-refractivity contribution in [1.29, 1.82) is 0 Å². The van der Waals surface area contributed by atoms with Crippen LogP contribution in [0.2, 0.25) is 0 Å². The Hall–Kier alpha value is -4.59. The average molecular weight is 701 g/mol. The van der Waals surface area contributed by atoms with Crippen molar-refractivity contribution >= 4 is 34.3 Å². The van der Waals surface area contributed by atoms with Crippen molar-refractivity contribution in [1.82, 2.24) is 29.2 Å². The molecule has 0 saturated carbocycles. The predicted molar refractivity (Wildman–Crippen MR) is 200 cm³/mol. The van der Waals surface area contributed by atoms with Crippen LogP contribution in [0.1, 0.15) is 66.0 Å². The number of aliphatic hydroxyl groups is 1. The zero-order chi connectivity index (χ0) is 36.6. The minimum atomic E-state index is -1.16. The van der Waals surface area contributed by atoms with E-state index in [1.165, 1.54) is 10.9 Å². The number of hydrogen-bond donors (Lipinski definition) is 2. The molecular weight excluding hydrogens is 648 g/mol. The summed E-state index contributed by atoms with van der Waals surface area (Å²) in [5, 5.41) is 14.2. The maximum Gasteiger partial charge on any atom is 0.332 e. The molecule has 1 aliphatic heterocycles. The number of esters is 1. The summed E-state index contributed by atoms with van der Waals surface area (Å²) in [6.45, 7) is 18.6. The van der Waals surface area contributed by atoms with Crippen LogP contribution >= 0.6 is 0 Å². The number of piperazine rings is 1. The van der Waals surface area contributed by atoms with E-state index < -0.39 is 11.2 Å². The fourth-order valence-corrected chi connectivity index (χ4v) is 6.02. The van der Waals surface area contributed by atoms with Crippen LogP contribution in [0.25, 0.3) is 16.9 Å². The van der Waals surface area contributed by atoms with E-state index >= 15 is 0 Å². The predicted octanol–water partition coefficient (Wildman–Crippen LogP) is 5.17. The molecule has 0 spiro atoms. The van der Waals surface area contributed by atoms with Gasteiger partial charge in [-0.3, -0.25) is 9.69 Å². The van der Waals surface area contributed by atoms with Crippen molar-refractivity contribution in [2.75, 3.05) is 56.2 Å². The first-order chi connectivity index (χ1) is 24.3. The van der Waals surface area contributed by atoms with Gasteiger partial charge in [-0.2, -0.15) is 4.98 Å². The van der Waals surface area contributed by atoms with E-state index in [0.29, 0.717) is 35.1 Å². The SMILES string of the molecule is C=CCn1c(=O)c2cnc(Nc3ccc(N4CCN(CCCCCCOCC(=O)OC(C)(C)C)CC4)cc3)nc2n1-c1cccc(C(C)(C)O)n1. The quantitative estimate of drug-likeness (QED) is 0.0909. The Morgan fingerprint density at radius 1 is 0.980 bits per heavy atom. The fourth-order valence-electron chi connectivity index (χ4n) is 6.02. The average Bonchev–Trinajstić information content (AvgIpc) is 3.35. The van der Waals surface area contributed by atoms with Crippen LogP contribution in [-0.4, -0.2) is 91.8 Å². The van der Waals surface area contributed by atoms with Gasteiger partial charge in [-0.15, -0.1) is 6.58 Å². The van der Waals surface area contributed by atoms with Gasteiger partial charge in [-0.25, -0.2) is 24.1 Å². The van der Waals surface area contributed by atoms with Crippen molar-refractivity contribution in [2.45, 2.75) is 78.0 Å². The third kappa shape index (κ3) is 10.2. The molecular formula is C38H52N8O5. The van der Waals surface area contributed by atoms with E-state index in [1.807, 2.05) is 32.9 Å². The maximum absolute atomic E-state index is 13.3. The van der Waals surface area contributed by atoms with Gasteiger partial charge < -0.3 is 24.8 Å².